The molecule has 1 N–H and O–H groups in total. The number of likely N-dealkylation sites (tertiary alicyclic amines) is 2. The van der Waals surface area contributed by atoms with E-state index in [4.69, 9.17) is 4.74 Å². The van der Waals surface area contributed by atoms with E-state index in [-0.39, 0.29) is 29.1 Å². The lowest BCUT2D eigenvalue weighted by molar-refractivity contribution is 0.00584. The lowest BCUT2D eigenvalue weighted by Crippen LogP contribution is -2.65. The van der Waals surface area contributed by atoms with E-state index in [1.807, 2.05) is 53.4 Å². The smallest absolute Gasteiger partial charge is 0.407 e. The van der Waals surface area contributed by atoms with Gasteiger partial charge in [-0.2, -0.15) is 5.26 Å². The van der Waals surface area contributed by atoms with Crippen molar-refractivity contribution in [3.05, 3.63) is 89.5 Å². The summed E-state index contributed by atoms with van der Waals surface area (Å²) in [6.07, 6.45) is 9.34. The standard InChI is InChI=1S/C39H48F2N6O2/c1-49-37(48)43-36-10-5-9-35(36)39(28-45-17-6-18-45,32-7-4-8-33(40)22-32)31-13-19-46(20-14-31)25-38(41)26-47(27-38)34-12-11-29(23-42)30(21-34)24-44-15-2-3-16-44/h2-4,7-8,11-12,15-16,21-22,31,35-36H,5-6,9-10,13-14,17-20,24-28H2,1H3,(H,43,48)/t35-,36-,39?/m0/s1. The molecular weight excluding hydrogens is 622 g/mol. The van der Waals surface area contributed by atoms with E-state index in [9.17, 15) is 14.4 Å². The van der Waals surface area contributed by atoms with E-state index in [0.717, 1.165) is 81.6 Å². The number of alkyl halides is 1. The quantitative estimate of drug-likeness (QED) is 0.272. The molecule has 3 saturated heterocycles. The predicted molar refractivity (Wildman–Crippen MR) is 186 cm³/mol. The third-order valence-corrected chi connectivity index (χ3v) is 11.8. The number of methoxy groups -OCH3 is 1. The molecule has 1 amide bonds. The highest BCUT2D eigenvalue weighted by atomic mass is 19.1. The maximum Gasteiger partial charge on any atom is 0.407 e. The Morgan fingerprint density at radius 3 is 2.45 bits per heavy atom. The first-order valence-electron chi connectivity index (χ1n) is 17.9. The maximum absolute atomic E-state index is 16.3. The molecule has 3 atom stereocenters. The summed E-state index contributed by atoms with van der Waals surface area (Å²) in [6.45, 7) is 6.11. The second-order valence-electron chi connectivity index (χ2n) is 14.8. The normalized spacial score (nSPS) is 24.0. The van der Waals surface area contributed by atoms with Gasteiger partial charge in [-0.25, -0.2) is 13.6 Å². The van der Waals surface area contributed by atoms with Gasteiger partial charge in [-0.3, -0.25) is 4.90 Å². The Morgan fingerprint density at radius 1 is 1.00 bits per heavy atom. The predicted octanol–water partition coefficient (Wildman–Crippen LogP) is 5.96. The Morgan fingerprint density at radius 2 is 1.78 bits per heavy atom. The Balaban J connectivity index is 1.05. The number of alkyl carbamates (subject to hydrolysis) is 1. The van der Waals surface area contributed by atoms with E-state index in [1.165, 1.54) is 19.6 Å². The summed E-state index contributed by atoms with van der Waals surface area (Å²) in [5.74, 6) is 0.182. The van der Waals surface area contributed by atoms with E-state index < -0.39 is 11.8 Å². The third-order valence-electron chi connectivity index (χ3n) is 11.8. The van der Waals surface area contributed by atoms with Gasteiger partial charge in [0.2, 0.25) is 0 Å². The molecule has 0 bridgehead atoms. The molecule has 0 radical (unpaired) electrons. The number of amides is 1. The average molecular weight is 671 g/mol. The number of nitrogens with one attached hydrogen (secondary N) is 1. The lowest BCUT2D eigenvalue weighted by Gasteiger charge is -2.54. The molecule has 49 heavy (non-hydrogen) atoms. The second kappa shape index (κ2) is 14.1. The van der Waals surface area contributed by atoms with Crippen molar-refractivity contribution >= 4 is 11.8 Å². The van der Waals surface area contributed by atoms with Crippen LogP contribution in [0.3, 0.4) is 0 Å². The van der Waals surface area contributed by atoms with Gasteiger partial charge in [-0.15, -0.1) is 0 Å². The number of ether oxygens (including phenoxy) is 1. The van der Waals surface area contributed by atoms with Crippen LogP contribution in [0.4, 0.5) is 19.3 Å². The molecular formula is C39H48F2N6O2. The van der Waals surface area contributed by atoms with Crippen molar-refractivity contribution in [2.24, 2.45) is 11.8 Å². The molecule has 4 aliphatic rings. The zero-order valence-electron chi connectivity index (χ0n) is 28.5. The van der Waals surface area contributed by atoms with Crippen molar-refractivity contribution in [2.45, 2.75) is 62.2 Å². The first kappa shape index (κ1) is 33.6. The number of aromatic nitrogens is 1. The third kappa shape index (κ3) is 6.93. The topological polar surface area (TPSA) is 76.8 Å². The van der Waals surface area contributed by atoms with Gasteiger partial charge in [-0.1, -0.05) is 18.6 Å². The highest BCUT2D eigenvalue weighted by Gasteiger charge is 2.54. The average Bonchev–Trinajstić information content (AvgIpc) is 3.76. The van der Waals surface area contributed by atoms with Crippen molar-refractivity contribution in [3.63, 3.8) is 0 Å². The van der Waals surface area contributed by atoms with E-state index in [0.29, 0.717) is 31.7 Å². The van der Waals surface area contributed by atoms with Crippen LogP contribution in [0, 0.1) is 29.0 Å². The van der Waals surface area contributed by atoms with Crippen LogP contribution in [0.5, 0.6) is 0 Å². The molecule has 8 nitrogen and oxygen atoms in total. The zero-order chi connectivity index (χ0) is 34.0. The number of hydrogen-bond acceptors (Lipinski definition) is 6. The number of anilines is 1. The van der Waals surface area contributed by atoms with Gasteiger partial charge >= 0.3 is 6.09 Å². The van der Waals surface area contributed by atoms with Gasteiger partial charge < -0.3 is 24.4 Å². The van der Waals surface area contributed by atoms with Crippen molar-refractivity contribution in [2.75, 3.05) is 64.4 Å². The Kier molecular flexibility index (Phi) is 9.67. The molecule has 3 aromatic rings. The van der Waals surface area contributed by atoms with Crippen molar-refractivity contribution in [1.82, 2.24) is 19.7 Å². The van der Waals surface area contributed by atoms with Crippen LogP contribution in [-0.2, 0) is 16.7 Å². The SMILES string of the molecule is COC(=O)N[C@H]1CCC[C@@H]1C(CN1CCC1)(c1cccc(F)c1)C1CCN(CC2(F)CN(c3ccc(C#N)c(Cn4cccc4)c3)C2)CC1. The minimum Gasteiger partial charge on any atom is -0.453 e. The molecule has 1 saturated carbocycles. The first-order valence-corrected chi connectivity index (χ1v) is 17.9. The van der Waals surface area contributed by atoms with Gasteiger partial charge in [0.15, 0.2) is 5.67 Å². The van der Waals surface area contributed by atoms with Gasteiger partial charge in [0.05, 0.1) is 31.8 Å². The summed E-state index contributed by atoms with van der Waals surface area (Å²) in [5, 5.41) is 12.8. The van der Waals surface area contributed by atoms with Crippen molar-refractivity contribution in [1.29, 1.82) is 5.26 Å². The minimum absolute atomic E-state index is 0.0453. The minimum atomic E-state index is -1.31. The number of benzene rings is 2. The van der Waals surface area contributed by atoms with Crippen molar-refractivity contribution in [3.8, 4) is 6.07 Å². The van der Waals surface area contributed by atoms with Crippen LogP contribution in [0.2, 0.25) is 0 Å². The summed E-state index contributed by atoms with van der Waals surface area (Å²) < 4.78 is 38.3. The number of nitrogens with zero attached hydrogens (tertiary/aromatic N) is 5. The summed E-state index contributed by atoms with van der Waals surface area (Å²) in [7, 11) is 1.40. The number of hydrogen-bond donors (Lipinski definition) is 1. The number of carbonyl (C=O) groups excluding carboxylic acids is 1. The van der Waals surface area contributed by atoms with Crippen LogP contribution < -0.4 is 10.2 Å². The number of rotatable bonds is 11. The van der Waals surface area contributed by atoms with Gasteiger partial charge in [0.1, 0.15) is 5.82 Å². The molecule has 0 spiro atoms. The summed E-state index contributed by atoms with van der Waals surface area (Å²) in [4.78, 5) is 19.3. The van der Waals surface area contributed by atoms with Crippen LogP contribution in [0.15, 0.2) is 67.0 Å². The van der Waals surface area contributed by atoms with Crippen LogP contribution >= 0.6 is 0 Å². The monoisotopic (exact) mass is 670 g/mol. The van der Waals surface area contributed by atoms with Gasteiger partial charge in [0, 0.05) is 49.2 Å². The molecule has 1 unspecified atom stereocenters. The first-order chi connectivity index (χ1) is 23.8. The molecule has 260 valence electrons. The maximum atomic E-state index is 16.3. The molecule has 1 aliphatic carbocycles. The summed E-state index contributed by atoms with van der Waals surface area (Å²) >= 11 is 0. The number of halogens is 2. The second-order valence-corrected chi connectivity index (χ2v) is 14.8. The van der Waals surface area contributed by atoms with E-state index >= 15 is 4.39 Å². The van der Waals surface area contributed by atoms with Gasteiger partial charge in [0.25, 0.3) is 0 Å². The summed E-state index contributed by atoms with van der Waals surface area (Å²) in [6, 6.07) is 19.2. The fourth-order valence-corrected chi connectivity index (χ4v) is 9.35. The van der Waals surface area contributed by atoms with Crippen LogP contribution in [-0.4, -0.2) is 91.6 Å². The number of carbonyl (C=O) groups is 1. The largest absolute Gasteiger partial charge is 0.453 e. The van der Waals surface area contributed by atoms with E-state index in [2.05, 4.69) is 32.2 Å². The molecule has 4 fully saturated rings. The van der Waals surface area contributed by atoms with E-state index in [1.54, 1.807) is 6.07 Å². The fourth-order valence-electron chi connectivity index (χ4n) is 9.35. The fraction of sp³-hybridized carbons (Fsp3) is 0.538. The molecule has 7 rings (SSSR count). The molecule has 1 aromatic heterocycles. The molecule has 3 aliphatic heterocycles. The summed E-state index contributed by atoms with van der Waals surface area (Å²) in [5.41, 5.74) is 1.90. The Bertz CT molecular complexity index is 1640. The molecule has 4 heterocycles. The van der Waals surface area contributed by atoms with Gasteiger partial charge in [-0.05, 0) is 124 Å². The zero-order valence-corrected chi connectivity index (χ0v) is 28.5. The van der Waals surface area contributed by atoms with Crippen molar-refractivity contribution < 1.29 is 18.3 Å². The Labute approximate surface area is 288 Å². The highest BCUT2D eigenvalue weighted by molar-refractivity contribution is 5.67. The lowest BCUT2D eigenvalue weighted by atomic mass is 9.57. The van der Waals surface area contributed by atoms with Crippen LogP contribution in [0.1, 0.15) is 55.2 Å². The number of piperidine rings is 1. The number of nitriles is 1. The highest BCUT2D eigenvalue weighted by Crippen LogP contribution is 2.51. The molecule has 2 aromatic carbocycles. The van der Waals surface area contributed by atoms with Crippen LogP contribution in [0.25, 0.3) is 0 Å². The Hall–Kier alpha value is -3.94. The molecule has 10 heteroatoms.